The molecule has 0 fully saturated rings. The van der Waals surface area contributed by atoms with Crippen molar-refractivity contribution < 1.29 is 4.74 Å². The minimum Gasteiger partial charge on any atom is -0.476 e. The maximum Gasteiger partial charge on any atom is 0.213 e. The normalized spacial score (nSPS) is 12.7. The highest BCUT2D eigenvalue weighted by molar-refractivity contribution is 5.20. The van der Waals surface area contributed by atoms with Crippen molar-refractivity contribution in [3.05, 3.63) is 23.9 Å². The fourth-order valence-corrected chi connectivity index (χ4v) is 1.72. The maximum atomic E-state index is 5.64. The molecule has 0 aliphatic carbocycles. The van der Waals surface area contributed by atoms with E-state index in [0.717, 1.165) is 19.6 Å². The summed E-state index contributed by atoms with van der Waals surface area (Å²) < 4.78 is 5.64. The lowest BCUT2D eigenvalue weighted by atomic mass is 10.1. The lowest BCUT2D eigenvalue weighted by molar-refractivity contribution is 0.218. The summed E-state index contributed by atoms with van der Waals surface area (Å²) in [6, 6.07) is 4.31. The third kappa shape index (κ3) is 4.63. The van der Waals surface area contributed by atoms with Crippen LogP contribution in [-0.4, -0.2) is 43.2 Å². The summed E-state index contributed by atoms with van der Waals surface area (Å²) in [5.74, 6) is 0.703. The van der Waals surface area contributed by atoms with Gasteiger partial charge in [0.2, 0.25) is 5.88 Å². The second-order valence-electron chi connectivity index (χ2n) is 4.32. The van der Waals surface area contributed by atoms with Crippen LogP contribution in [0.3, 0.4) is 0 Å². The minimum atomic E-state index is 0.322. The van der Waals surface area contributed by atoms with Crippen molar-refractivity contribution in [2.45, 2.75) is 26.8 Å². The summed E-state index contributed by atoms with van der Waals surface area (Å²) in [5, 5.41) is 3.19. The SMILES string of the molecule is CCN(CC)CCOc1ccc(C(C)NC)cn1. The Labute approximate surface area is 110 Å². The van der Waals surface area contributed by atoms with Gasteiger partial charge in [0.15, 0.2) is 0 Å². The number of rotatable bonds is 8. The van der Waals surface area contributed by atoms with Gasteiger partial charge < -0.3 is 15.0 Å². The molecule has 1 aromatic rings. The summed E-state index contributed by atoms with van der Waals surface area (Å²) in [6.45, 7) is 10.2. The van der Waals surface area contributed by atoms with Gasteiger partial charge in [-0.25, -0.2) is 4.98 Å². The molecule has 1 atom stereocenters. The topological polar surface area (TPSA) is 37.4 Å². The second kappa shape index (κ2) is 8.06. The number of hydrogen-bond donors (Lipinski definition) is 1. The van der Waals surface area contributed by atoms with E-state index in [2.05, 4.69) is 42.0 Å². The quantitative estimate of drug-likeness (QED) is 0.767. The smallest absolute Gasteiger partial charge is 0.213 e. The fourth-order valence-electron chi connectivity index (χ4n) is 1.72. The van der Waals surface area contributed by atoms with Gasteiger partial charge in [-0.15, -0.1) is 0 Å². The van der Waals surface area contributed by atoms with Crippen LogP contribution in [0.4, 0.5) is 0 Å². The molecule has 0 radical (unpaired) electrons. The molecule has 4 heteroatoms. The number of hydrogen-bond acceptors (Lipinski definition) is 4. The third-order valence-electron chi connectivity index (χ3n) is 3.24. The van der Waals surface area contributed by atoms with E-state index >= 15 is 0 Å². The van der Waals surface area contributed by atoms with Crippen molar-refractivity contribution in [1.82, 2.24) is 15.2 Å². The van der Waals surface area contributed by atoms with Crippen LogP contribution in [0.25, 0.3) is 0 Å². The van der Waals surface area contributed by atoms with Crippen molar-refractivity contribution >= 4 is 0 Å². The van der Waals surface area contributed by atoms with Gasteiger partial charge in [-0.05, 0) is 32.6 Å². The van der Waals surface area contributed by atoms with Crippen LogP contribution in [0, 0.1) is 0 Å². The molecule has 0 bridgehead atoms. The van der Waals surface area contributed by atoms with Crippen LogP contribution < -0.4 is 10.1 Å². The molecule has 0 amide bonds. The second-order valence-corrected chi connectivity index (χ2v) is 4.32. The minimum absolute atomic E-state index is 0.322. The van der Waals surface area contributed by atoms with Gasteiger partial charge in [0.05, 0.1) is 0 Å². The molecule has 0 aromatic carbocycles. The average molecular weight is 251 g/mol. The molecular formula is C14H25N3O. The molecule has 102 valence electrons. The van der Waals surface area contributed by atoms with Crippen LogP contribution >= 0.6 is 0 Å². The summed E-state index contributed by atoms with van der Waals surface area (Å²) in [5.41, 5.74) is 1.17. The van der Waals surface area contributed by atoms with E-state index in [1.807, 2.05) is 19.3 Å². The molecule has 0 spiro atoms. The van der Waals surface area contributed by atoms with Crippen molar-refractivity contribution in [2.24, 2.45) is 0 Å². The van der Waals surface area contributed by atoms with Gasteiger partial charge in [-0.3, -0.25) is 0 Å². The van der Waals surface area contributed by atoms with Gasteiger partial charge in [-0.2, -0.15) is 0 Å². The summed E-state index contributed by atoms with van der Waals surface area (Å²) in [4.78, 5) is 6.65. The highest BCUT2D eigenvalue weighted by Gasteiger charge is 2.04. The summed E-state index contributed by atoms with van der Waals surface area (Å²) >= 11 is 0. The predicted molar refractivity (Wildman–Crippen MR) is 75.0 cm³/mol. The zero-order valence-corrected chi connectivity index (χ0v) is 11.9. The summed E-state index contributed by atoms with van der Waals surface area (Å²) in [6.07, 6.45) is 1.87. The molecular weight excluding hydrogens is 226 g/mol. The van der Waals surface area contributed by atoms with Gasteiger partial charge in [-0.1, -0.05) is 19.9 Å². The Kier molecular flexibility index (Phi) is 6.68. The molecule has 1 heterocycles. The molecule has 1 N–H and O–H groups in total. The zero-order valence-electron chi connectivity index (χ0n) is 11.9. The van der Waals surface area contributed by atoms with Crippen LogP contribution in [0.5, 0.6) is 5.88 Å². The first-order valence-electron chi connectivity index (χ1n) is 6.69. The van der Waals surface area contributed by atoms with Gasteiger partial charge in [0.25, 0.3) is 0 Å². The number of pyridine rings is 1. The third-order valence-corrected chi connectivity index (χ3v) is 3.24. The number of nitrogens with one attached hydrogen (secondary N) is 1. The Morgan fingerprint density at radius 2 is 2.06 bits per heavy atom. The lowest BCUT2D eigenvalue weighted by Gasteiger charge is -2.17. The Bertz CT molecular complexity index is 322. The first-order chi connectivity index (χ1) is 8.71. The molecule has 1 unspecified atom stereocenters. The largest absolute Gasteiger partial charge is 0.476 e. The predicted octanol–water partition coefficient (Wildman–Crippen LogP) is 2.08. The molecule has 0 aliphatic heterocycles. The number of aromatic nitrogens is 1. The van der Waals surface area contributed by atoms with Crippen molar-refractivity contribution in [2.75, 3.05) is 33.3 Å². The van der Waals surface area contributed by atoms with Gasteiger partial charge in [0.1, 0.15) is 6.61 Å². The van der Waals surface area contributed by atoms with E-state index in [9.17, 15) is 0 Å². The number of likely N-dealkylation sites (N-methyl/N-ethyl adjacent to an activating group) is 1. The molecule has 1 rings (SSSR count). The highest BCUT2D eigenvalue weighted by atomic mass is 16.5. The Morgan fingerprint density at radius 3 is 2.56 bits per heavy atom. The molecule has 4 nitrogen and oxygen atoms in total. The Hall–Kier alpha value is -1.13. The summed E-state index contributed by atoms with van der Waals surface area (Å²) in [7, 11) is 1.94. The van der Waals surface area contributed by atoms with Crippen molar-refractivity contribution in [3.63, 3.8) is 0 Å². The standard InChI is InChI=1S/C14H25N3O/c1-5-17(6-2)9-10-18-14-8-7-13(11-16-14)12(3)15-4/h7-8,11-12,15H,5-6,9-10H2,1-4H3. The number of nitrogens with zero attached hydrogens (tertiary/aromatic N) is 2. The maximum absolute atomic E-state index is 5.64. The molecule has 1 aromatic heterocycles. The van der Waals surface area contributed by atoms with Crippen LogP contribution in [0.2, 0.25) is 0 Å². The number of ether oxygens (including phenoxy) is 1. The lowest BCUT2D eigenvalue weighted by Crippen LogP contribution is -2.28. The Balaban J connectivity index is 2.39. The van der Waals surface area contributed by atoms with Crippen LogP contribution in [-0.2, 0) is 0 Å². The Morgan fingerprint density at radius 1 is 1.33 bits per heavy atom. The van der Waals surface area contributed by atoms with Crippen molar-refractivity contribution in [3.8, 4) is 5.88 Å². The van der Waals surface area contributed by atoms with E-state index in [1.54, 1.807) is 0 Å². The fraction of sp³-hybridized carbons (Fsp3) is 0.643. The monoisotopic (exact) mass is 251 g/mol. The van der Waals surface area contributed by atoms with E-state index < -0.39 is 0 Å². The molecule has 18 heavy (non-hydrogen) atoms. The van der Waals surface area contributed by atoms with E-state index in [-0.39, 0.29) is 0 Å². The van der Waals surface area contributed by atoms with Crippen LogP contribution in [0.1, 0.15) is 32.4 Å². The zero-order chi connectivity index (χ0) is 13.4. The molecule has 0 aliphatic rings. The van der Waals surface area contributed by atoms with Gasteiger partial charge >= 0.3 is 0 Å². The first-order valence-corrected chi connectivity index (χ1v) is 6.69. The van der Waals surface area contributed by atoms with Crippen molar-refractivity contribution in [1.29, 1.82) is 0 Å². The van der Waals surface area contributed by atoms with E-state index in [0.29, 0.717) is 18.5 Å². The average Bonchev–Trinajstić information content (AvgIpc) is 2.43. The highest BCUT2D eigenvalue weighted by Crippen LogP contribution is 2.13. The van der Waals surface area contributed by atoms with E-state index in [1.165, 1.54) is 5.56 Å². The van der Waals surface area contributed by atoms with E-state index in [4.69, 9.17) is 4.74 Å². The molecule has 0 saturated heterocycles. The van der Waals surface area contributed by atoms with Crippen LogP contribution in [0.15, 0.2) is 18.3 Å². The molecule has 0 saturated carbocycles. The first kappa shape index (κ1) is 14.9. The van der Waals surface area contributed by atoms with Gasteiger partial charge in [0, 0.05) is 24.8 Å².